The lowest BCUT2D eigenvalue weighted by atomic mass is 9.96. The smallest absolute Gasteiger partial charge is 0.0783 e. The molecule has 0 fully saturated rings. The molecule has 1 aliphatic heterocycles. The van der Waals surface area contributed by atoms with Crippen LogP contribution in [0.25, 0.3) is 65.9 Å². The lowest BCUT2D eigenvalue weighted by Gasteiger charge is -2.33. The molecular formula is C42H28N2S. The van der Waals surface area contributed by atoms with Crippen LogP contribution < -0.4 is 4.90 Å². The maximum absolute atomic E-state index is 2.54. The van der Waals surface area contributed by atoms with Gasteiger partial charge in [-0.05, 0) is 94.6 Å². The number of thiophene rings is 1. The topological polar surface area (TPSA) is 8.17 Å². The summed E-state index contributed by atoms with van der Waals surface area (Å²) in [6.07, 6.45) is 6.87. The summed E-state index contributed by atoms with van der Waals surface area (Å²) in [5.74, 6) is 0. The fraction of sp³-hybridized carbons (Fsp3) is 0.0476. The predicted octanol–water partition coefficient (Wildman–Crippen LogP) is 12.1. The van der Waals surface area contributed by atoms with Gasteiger partial charge >= 0.3 is 0 Å². The summed E-state index contributed by atoms with van der Waals surface area (Å²) >= 11 is 1.94. The minimum Gasteiger partial charge on any atom is -0.305 e. The van der Waals surface area contributed by atoms with E-state index in [2.05, 4.69) is 155 Å². The van der Waals surface area contributed by atoms with Crippen LogP contribution in [0.5, 0.6) is 0 Å². The quantitative estimate of drug-likeness (QED) is 0.198. The van der Waals surface area contributed by atoms with Gasteiger partial charge in [0.2, 0.25) is 0 Å². The van der Waals surface area contributed by atoms with Crippen molar-refractivity contribution in [2.45, 2.75) is 12.8 Å². The molecule has 0 bridgehead atoms. The van der Waals surface area contributed by atoms with Crippen LogP contribution in [0.1, 0.15) is 16.9 Å². The van der Waals surface area contributed by atoms with E-state index in [0.717, 1.165) is 12.8 Å². The molecule has 212 valence electrons. The average molecular weight is 593 g/mol. The molecule has 3 heterocycles. The van der Waals surface area contributed by atoms with Gasteiger partial charge in [-0.3, -0.25) is 0 Å². The fourth-order valence-corrected chi connectivity index (χ4v) is 8.85. The van der Waals surface area contributed by atoms with Gasteiger partial charge < -0.3 is 9.47 Å². The van der Waals surface area contributed by atoms with E-state index >= 15 is 0 Å². The summed E-state index contributed by atoms with van der Waals surface area (Å²) in [4.78, 5) is 3.94. The largest absolute Gasteiger partial charge is 0.305 e. The van der Waals surface area contributed by atoms with Crippen molar-refractivity contribution in [2.75, 3.05) is 4.90 Å². The first-order valence-corrected chi connectivity index (χ1v) is 16.5. The zero-order valence-corrected chi connectivity index (χ0v) is 25.4. The monoisotopic (exact) mass is 592 g/mol. The minimum atomic E-state index is 1.11. The lowest BCUT2D eigenvalue weighted by Crippen LogP contribution is -2.18. The molecule has 8 aromatic rings. The molecule has 45 heavy (non-hydrogen) atoms. The average Bonchev–Trinajstić information content (AvgIpc) is 3.66. The normalized spacial score (nSPS) is 13.5. The zero-order valence-electron chi connectivity index (χ0n) is 24.6. The Balaban J connectivity index is 1.30. The van der Waals surface area contributed by atoms with E-state index in [1.165, 1.54) is 87.3 Å². The summed E-state index contributed by atoms with van der Waals surface area (Å²) in [5, 5.41) is 3.95. The summed E-state index contributed by atoms with van der Waals surface area (Å²) in [5.41, 5.74) is 13.8. The molecule has 1 aliphatic carbocycles. The second-order valence-corrected chi connectivity index (χ2v) is 13.1. The Morgan fingerprint density at radius 2 is 1.22 bits per heavy atom. The van der Waals surface area contributed by atoms with Crippen LogP contribution in [0.2, 0.25) is 0 Å². The van der Waals surface area contributed by atoms with Crippen LogP contribution in [-0.2, 0) is 6.42 Å². The number of nitrogens with zero attached hydrogens (tertiary/aromatic N) is 2. The van der Waals surface area contributed by atoms with Crippen molar-refractivity contribution in [1.82, 2.24) is 4.57 Å². The lowest BCUT2D eigenvalue weighted by molar-refractivity contribution is 1.01. The summed E-state index contributed by atoms with van der Waals surface area (Å²) in [6, 6.07) is 49.2. The Labute approximate surface area is 265 Å². The highest BCUT2D eigenvalue weighted by Gasteiger charge is 2.31. The van der Waals surface area contributed by atoms with Crippen LogP contribution in [0, 0.1) is 0 Å². The van der Waals surface area contributed by atoms with Gasteiger partial charge in [-0.2, -0.15) is 0 Å². The Morgan fingerprint density at radius 3 is 2.13 bits per heavy atom. The third-order valence-corrected chi connectivity index (χ3v) is 10.8. The molecule has 0 saturated carbocycles. The molecule has 2 aliphatic rings. The van der Waals surface area contributed by atoms with Gasteiger partial charge in [-0.1, -0.05) is 97.1 Å². The number of hydrogen-bond acceptors (Lipinski definition) is 2. The molecule has 2 aromatic heterocycles. The van der Waals surface area contributed by atoms with Crippen molar-refractivity contribution in [1.29, 1.82) is 0 Å². The molecule has 0 atom stereocenters. The van der Waals surface area contributed by atoms with Gasteiger partial charge in [-0.15, -0.1) is 11.3 Å². The van der Waals surface area contributed by atoms with Crippen LogP contribution in [0.4, 0.5) is 17.1 Å². The van der Waals surface area contributed by atoms with E-state index in [1.54, 1.807) is 0 Å². The number of benzene rings is 6. The van der Waals surface area contributed by atoms with Gasteiger partial charge in [0, 0.05) is 15.6 Å². The Kier molecular flexibility index (Phi) is 5.31. The van der Waals surface area contributed by atoms with Crippen LogP contribution in [-0.4, -0.2) is 4.57 Å². The van der Waals surface area contributed by atoms with E-state index in [0.29, 0.717) is 0 Å². The van der Waals surface area contributed by atoms with Gasteiger partial charge in [-0.25, -0.2) is 0 Å². The van der Waals surface area contributed by atoms with E-state index < -0.39 is 0 Å². The second kappa shape index (κ2) is 9.56. The number of anilines is 3. The molecule has 6 aromatic carbocycles. The Hall–Kier alpha value is -5.38. The summed E-state index contributed by atoms with van der Waals surface area (Å²) in [7, 11) is 0. The molecule has 0 spiro atoms. The van der Waals surface area contributed by atoms with Crippen molar-refractivity contribution >= 4 is 66.4 Å². The van der Waals surface area contributed by atoms with Crippen molar-refractivity contribution < 1.29 is 0 Å². The van der Waals surface area contributed by atoms with Gasteiger partial charge in [0.15, 0.2) is 0 Å². The van der Waals surface area contributed by atoms with Crippen LogP contribution >= 0.6 is 11.3 Å². The summed E-state index contributed by atoms with van der Waals surface area (Å²) in [6.45, 7) is 0. The van der Waals surface area contributed by atoms with E-state index in [4.69, 9.17) is 0 Å². The maximum Gasteiger partial charge on any atom is 0.0783 e. The third-order valence-electron chi connectivity index (χ3n) is 9.56. The zero-order chi connectivity index (χ0) is 29.5. The molecule has 10 rings (SSSR count). The first kappa shape index (κ1) is 25.0. The molecule has 0 unspecified atom stereocenters. The highest BCUT2D eigenvalue weighted by molar-refractivity contribution is 7.20. The molecule has 0 saturated heterocycles. The van der Waals surface area contributed by atoms with Crippen molar-refractivity contribution in [3.63, 3.8) is 0 Å². The number of allylic oxidation sites excluding steroid dienone is 1. The van der Waals surface area contributed by atoms with Gasteiger partial charge in [0.1, 0.15) is 0 Å². The fourth-order valence-electron chi connectivity index (χ4n) is 7.56. The minimum absolute atomic E-state index is 1.11. The highest BCUT2D eigenvalue weighted by Crippen LogP contribution is 2.53. The molecule has 3 heteroatoms. The highest BCUT2D eigenvalue weighted by atomic mass is 32.1. The predicted molar refractivity (Wildman–Crippen MR) is 193 cm³/mol. The van der Waals surface area contributed by atoms with Crippen LogP contribution in [0.3, 0.4) is 0 Å². The summed E-state index contributed by atoms with van der Waals surface area (Å²) < 4.78 is 3.84. The van der Waals surface area contributed by atoms with E-state index in [-0.39, 0.29) is 0 Å². The van der Waals surface area contributed by atoms with Crippen LogP contribution in [0.15, 0.2) is 140 Å². The van der Waals surface area contributed by atoms with Crippen molar-refractivity contribution in [3.05, 3.63) is 150 Å². The SMILES string of the molecule is C1=Cc2sc3c(N4c5ccccc5-n5c6ccccc6c6cc(-c7cccc(-c8ccccc8)c7)cc4c65)cccc3c2CC1. The molecule has 2 nitrogen and oxygen atoms in total. The van der Waals surface area contributed by atoms with Crippen molar-refractivity contribution in [2.24, 2.45) is 0 Å². The van der Waals surface area contributed by atoms with Gasteiger partial charge in [0.05, 0.1) is 38.5 Å². The first-order valence-electron chi connectivity index (χ1n) is 15.7. The first-order chi connectivity index (χ1) is 22.3. The molecule has 0 amide bonds. The standard InChI is InChI=1S/C42H28N2S/c1-2-12-27(13-3-1)28-14-10-15-29(24-28)30-25-34-31-16-4-6-19-35(31)44-37-21-8-7-20-36(37)43(39(26-30)41(34)44)38-22-11-18-33-32-17-5-9-23-40(32)45-42(33)38/h1-4,6-16,18-26H,5,17H2. The number of hydrogen-bond donors (Lipinski definition) is 0. The number of fused-ring (bicyclic) bond motifs is 8. The number of rotatable bonds is 3. The Bertz CT molecular complexity index is 2490. The maximum atomic E-state index is 2.54. The number of para-hydroxylation sites is 3. The van der Waals surface area contributed by atoms with Crippen molar-refractivity contribution in [3.8, 4) is 27.9 Å². The molecular weight excluding hydrogens is 565 g/mol. The van der Waals surface area contributed by atoms with E-state index in [9.17, 15) is 0 Å². The third kappa shape index (κ3) is 3.62. The van der Waals surface area contributed by atoms with Gasteiger partial charge in [0.25, 0.3) is 0 Å². The molecule has 0 N–H and O–H groups in total. The number of aromatic nitrogens is 1. The Morgan fingerprint density at radius 1 is 0.511 bits per heavy atom. The second-order valence-electron chi connectivity index (χ2n) is 12.1. The number of aryl methyl sites for hydroxylation is 1. The molecule has 0 radical (unpaired) electrons. The van der Waals surface area contributed by atoms with E-state index in [1.807, 2.05) is 11.3 Å².